The zero-order valence-corrected chi connectivity index (χ0v) is 15.2. The molecule has 0 aliphatic rings. The molecule has 0 spiro atoms. The summed E-state index contributed by atoms with van der Waals surface area (Å²) >= 11 is 0. The number of rotatable bonds is 2. The Morgan fingerprint density at radius 2 is 1.45 bits per heavy atom. The third-order valence-electron chi connectivity index (χ3n) is 4.30. The third kappa shape index (κ3) is 3.90. The summed E-state index contributed by atoms with van der Waals surface area (Å²) in [6.07, 6.45) is 2.83. The van der Waals surface area contributed by atoms with Gasteiger partial charge >= 0.3 is 0 Å². The average molecular weight is 390 g/mol. The van der Waals surface area contributed by atoms with E-state index in [-0.39, 0.29) is 22.8 Å². The van der Waals surface area contributed by atoms with E-state index in [0.717, 1.165) is 22.9 Å². The molecule has 0 fully saturated rings. The maximum Gasteiger partial charge on any atom is 0.159 e. The number of halogens is 3. The molecule has 6 heteroatoms. The molecule has 1 heterocycles. The van der Waals surface area contributed by atoms with E-state index in [1.165, 1.54) is 31.6 Å². The van der Waals surface area contributed by atoms with Gasteiger partial charge in [0.2, 0.25) is 0 Å². The monoisotopic (exact) mass is 390 g/mol. The lowest BCUT2D eigenvalue weighted by Crippen LogP contribution is -1.96. The van der Waals surface area contributed by atoms with Crippen molar-refractivity contribution in [3.8, 4) is 29.0 Å². The number of methoxy groups -OCH3 is 1. The molecule has 0 atom stereocenters. The first-order valence-electron chi connectivity index (χ1n) is 8.60. The number of hydrogen-bond donors (Lipinski definition) is 0. The second-order valence-corrected chi connectivity index (χ2v) is 6.22. The second kappa shape index (κ2) is 7.64. The van der Waals surface area contributed by atoms with Crippen LogP contribution in [-0.2, 0) is 0 Å². The largest absolute Gasteiger partial charge is 0.494 e. The van der Waals surface area contributed by atoms with Crippen molar-refractivity contribution < 1.29 is 17.9 Å². The van der Waals surface area contributed by atoms with Crippen LogP contribution in [0.2, 0.25) is 0 Å². The highest BCUT2D eigenvalue weighted by Crippen LogP contribution is 2.23. The van der Waals surface area contributed by atoms with E-state index in [4.69, 9.17) is 4.74 Å². The Morgan fingerprint density at radius 3 is 2.14 bits per heavy atom. The molecule has 0 amide bonds. The van der Waals surface area contributed by atoms with Gasteiger partial charge < -0.3 is 4.74 Å². The van der Waals surface area contributed by atoms with E-state index in [0.29, 0.717) is 11.3 Å². The molecule has 29 heavy (non-hydrogen) atoms. The van der Waals surface area contributed by atoms with Crippen LogP contribution in [0.5, 0.6) is 5.75 Å². The molecule has 0 aliphatic heterocycles. The summed E-state index contributed by atoms with van der Waals surface area (Å²) in [5.41, 5.74) is 0.410. The highest BCUT2D eigenvalue weighted by Gasteiger charge is 2.12. The number of nitrogens with zero attached hydrogens (tertiary/aromatic N) is 2. The van der Waals surface area contributed by atoms with Crippen molar-refractivity contribution in [1.82, 2.24) is 9.97 Å². The Balaban J connectivity index is 1.67. The summed E-state index contributed by atoms with van der Waals surface area (Å²) in [5.74, 6) is 3.95. The number of benzene rings is 3. The van der Waals surface area contributed by atoms with Gasteiger partial charge in [-0.15, -0.1) is 0 Å². The van der Waals surface area contributed by atoms with Gasteiger partial charge in [-0.2, -0.15) is 0 Å². The van der Waals surface area contributed by atoms with Gasteiger partial charge in [0.1, 0.15) is 17.5 Å². The Morgan fingerprint density at radius 1 is 0.793 bits per heavy atom. The van der Waals surface area contributed by atoms with Crippen molar-refractivity contribution in [3.05, 3.63) is 89.5 Å². The van der Waals surface area contributed by atoms with E-state index >= 15 is 0 Å². The number of aromatic nitrogens is 2. The quantitative estimate of drug-likeness (QED) is 0.446. The van der Waals surface area contributed by atoms with Crippen LogP contribution in [0.1, 0.15) is 11.1 Å². The van der Waals surface area contributed by atoms with Gasteiger partial charge in [-0.3, -0.25) is 0 Å². The summed E-state index contributed by atoms with van der Waals surface area (Å²) in [6.45, 7) is 0. The lowest BCUT2D eigenvalue weighted by atomic mass is 10.1. The molecule has 0 N–H and O–H groups in total. The zero-order chi connectivity index (χ0) is 20.4. The lowest BCUT2D eigenvalue weighted by molar-refractivity contribution is 0.411. The fourth-order valence-corrected chi connectivity index (χ4v) is 2.82. The van der Waals surface area contributed by atoms with Gasteiger partial charge in [-0.1, -0.05) is 24.0 Å². The molecule has 0 bridgehead atoms. The van der Waals surface area contributed by atoms with Crippen LogP contribution in [-0.4, -0.2) is 17.1 Å². The minimum atomic E-state index is -0.810. The first-order chi connectivity index (χ1) is 14.0. The molecular formula is C23H13F3N2O. The molecule has 0 saturated heterocycles. The van der Waals surface area contributed by atoms with E-state index in [9.17, 15) is 13.2 Å². The van der Waals surface area contributed by atoms with Gasteiger partial charge in [0, 0.05) is 11.1 Å². The molecule has 1 aromatic heterocycles. The molecule has 4 rings (SSSR count). The Labute approximate surface area is 164 Å². The van der Waals surface area contributed by atoms with Crippen LogP contribution in [0.4, 0.5) is 13.2 Å². The highest BCUT2D eigenvalue weighted by molar-refractivity contribution is 5.84. The second-order valence-electron chi connectivity index (χ2n) is 6.22. The van der Waals surface area contributed by atoms with E-state index in [1.807, 2.05) is 0 Å². The van der Waals surface area contributed by atoms with Gasteiger partial charge in [0.05, 0.1) is 25.1 Å². The number of fused-ring (bicyclic) bond motifs is 1. The molecule has 142 valence electrons. The molecule has 0 radical (unpaired) electrons. The standard InChI is InChI=1S/C23H13F3N2O/c1-29-19-12-27-23(28-13-19)17-10-21(25)20(22(26)11-17)7-3-14-2-4-16-9-18(24)6-5-15(16)8-14/h2,4-6,8-13H,1H3. The molecule has 3 nitrogen and oxygen atoms in total. The summed E-state index contributed by atoms with van der Waals surface area (Å²) in [4.78, 5) is 8.06. The van der Waals surface area contributed by atoms with Crippen LogP contribution in [0.25, 0.3) is 22.2 Å². The molecule has 0 saturated carbocycles. The minimum Gasteiger partial charge on any atom is -0.494 e. The lowest BCUT2D eigenvalue weighted by Gasteiger charge is -2.04. The predicted molar refractivity (Wildman–Crippen MR) is 104 cm³/mol. The Hall–Kier alpha value is -3.85. The van der Waals surface area contributed by atoms with Gasteiger partial charge in [-0.25, -0.2) is 23.1 Å². The van der Waals surface area contributed by atoms with Crippen LogP contribution < -0.4 is 4.74 Å². The Kier molecular flexibility index (Phi) is 4.88. The van der Waals surface area contributed by atoms with Gasteiger partial charge in [-0.05, 0) is 47.2 Å². The van der Waals surface area contributed by atoms with Crippen molar-refractivity contribution in [2.24, 2.45) is 0 Å². The number of hydrogen-bond acceptors (Lipinski definition) is 3. The maximum absolute atomic E-state index is 14.5. The van der Waals surface area contributed by atoms with Crippen molar-refractivity contribution in [2.75, 3.05) is 7.11 Å². The predicted octanol–water partition coefficient (Wildman–Crippen LogP) is 5.12. The van der Waals surface area contributed by atoms with E-state index in [1.54, 1.807) is 24.3 Å². The van der Waals surface area contributed by atoms with Gasteiger partial charge in [0.25, 0.3) is 0 Å². The third-order valence-corrected chi connectivity index (χ3v) is 4.30. The summed E-state index contributed by atoms with van der Waals surface area (Å²) < 4.78 is 47.2. The maximum atomic E-state index is 14.5. The van der Waals surface area contributed by atoms with Crippen molar-refractivity contribution in [2.45, 2.75) is 0 Å². The smallest absolute Gasteiger partial charge is 0.159 e. The summed E-state index contributed by atoms with van der Waals surface area (Å²) in [5, 5.41) is 1.50. The SMILES string of the molecule is COc1cnc(-c2cc(F)c(C#Cc3ccc4cc(F)ccc4c3)c(F)c2)nc1. The van der Waals surface area contributed by atoms with E-state index in [2.05, 4.69) is 21.8 Å². The summed E-state index contributed by atoms with van der Waals surface area (Å²) in [6, 6.07) is 11.8. The fourth-order valence-electron chi connectivity index (χ4n) is 2.82. The molecule has 4 aromatic rings. The average Bonchev–Trinajstić information content (AvgIpc) is 2.73. The molecule has 0 aliphatic carbocycles. The molecule has 0 unspecified atom stereocenters. The van der Waals surface area contributed by atoms with Crippen LogP contribution in [0, 0.1) is 29.3 Å². The topological polar surface area (TPSA) is 35.0 Å². The molecular weight excluding hydrogens is 377 g/mol. The van der Waals surface area contributed by atoms with Crippen LogP contribution in [0.15, 0.2) is 60.9 Å². The first kappa shape index (κ1) is 18.5. The minimum absolute atomic E-state index is 0.171. The van der Waals surface area contributed by atoms with Crippen LogP contribution in [0.3, 0.4) is 0 Å². The van der Waals surface area contributed by atoms with Gasteiger partial charge in [0.15, 0.2) is 11.6 Å². The van der Waals surface area contributed by atoms with Crippen molar-refractivity contribution >= 4 is 10.8 Å². The normalized spacial score (nSPS) is 10.5. The number of ether oxygens (including phenoxy) is 1. The van der Waals surface area contributed by atoms with Crippen LogP contribution >= 0.6 is 0 Å². The zero-order valence-electron chi connectivity index (χ0n) is 15.2. The highest BCUT2D eigenvalue weighted by atomic mass is 19.1. The van der Waals surface area contributed by atoms with Crippen molar-refractivity contribution in [1.29, 1.82) is 0 Å². The fraction of sp³-hybridized carbons (Fsp3) is 0.0435. The Bertz CT molecular complexity index is 1250. The first-order valence-corrected chi connectivity index (χ1v) is 8.60. The summed E-state index contributed by atoms with van der Waals surface area (Å²) in [7, 11) is 1.47. The molecule has 3 aromatic carbocycles. The van der Waals surface area contributed by atoms with Crippen molar-refractivity contribution in [3.63, 3.8) is 0 Å². The van der Waals surface area contributed by atoms with E-state index < -0.39 is 11.6 Å².